The zero-order valence-corrected chi connectivity index (χ0v) is 16.8. The number of Topliss-reactive ketones (excluding diaryl/α,β-unsaturated/α-hetero) is 1. The number of hydrogen-bond donors (Lipinski definition) is 5. The van der Waals surface area contributed by atoms with Crippen molar-refractivity contribution < 1.29 is 24.3 Å². The highest BCUT2D eigenvalue weighted by Gasteiger charge is 2.29. The molecule has 1 unspecified atom stereocenters. The molecule has 29 heavy (non-hydrogen) atoms. The van der Waals surface area contributed by atoms with Crippen LogP contribution in [-0.4, -0.2) is 53.0 Å². The maximum Gasteiger partial charge on any atom is 0.245 e. The molecule has 0 aliphatic heterocycles. The van der Waals surface area contributed by atoms with E-state index in [4.69, 9.17) is 5.41 Å². The molecule has 9 heteroatoms. The van der Waals surface area contributed by atoms with Crippen LogP contribution in [0.3, 0.4) is 0 Å². The molecule has 0 fully saturated rings. The average Bonchev–Trinajstić information content (AvgIpc) is 2.67. The zero-order chi connectivity index (χ0) is 22.0. The van der Waals surface area contributed by atoms with Crippen LogP contribution in [0.4, 0.5) is 0 Å². The molecule has 0 saturated carbocycles. The summed E-state index contributed by atoms with van der Waals surface area (Å²) in [6.07, 6.45) is -0.657. The molecule has 1 aromatic rings. The first-order chi connectivity index (χ1) is 13.6. The van der Waals surface area contributed by atoms with E-state index < -0.39 is 41.7 Å². The molecule has 158 valence electrons. The number of aliphatic hydroxyl groups excluding tert-OH is 1. The van der Waals surface area contributed by atoms with Gasteiger partial charge in [0.15, 0.2) is 5.78 Å². The van der Waals surface area contributed by atoms with E-state index in [9.17, 15) is 24.3 Å². The summed E-state index contributed by atoms with van der Waals surface area (Å²) in [7, 11) is 0. The van der Waals surface area contributed by atoms with Gasteiger partial charge in [-0.05, 0) is 25.8 Å². The van der Waals surface area contributed by atoms with Gasteiger partial charge in [0, 0.05) is 19.9 Å². The van der Waals surface area contributed by atoms with E-state index in [1.807, 2.05) is 31.2 Å². The minimum absolute atomic E-state index is 0.0215. The number of nitrogens with one attached hydrogen (secondary N) is 4. The van der Waals surface area contributed by atoms with E-state index in [1.54, 1.807) is 0 Å². The van der Waals surface area contributed by atoms with Crippen molar-refractivity contribution in [2.24, 2.45) is 0 Å². The molecule has 3 atom stereocenters. The highest BCUT2D eigenvalue weighted by atomic mass is 16.3. The number of benzene rings is 1. The Labute approximate surface area is 169 Å². The SMILES string of the molecule is CC(=O)N[C@H](C(=O)N[C@@H](CCC(=O)C=N)C(=O)NCc1ccc(C)cc1)C(C)O. The maximum atomic E-state index is 12.6. The van der Waals surface area contributed by atoms with Crippen LogP contribution in [0.25, 0.3) is 0 Å². The van der Waals surface area contributed by atoms with Crippen LogP contribution < -0.4 is 16.0 Å². The molecule has 0 aliphatic carbocycles. The van der Waals surface area contributed by atoms with Gasteiger partial charge in [-0.25, -0.2) is 0 Å². The van der Waals surface area contributed by atoms with E-state index in [0.29, 0.717) is 6.21 Å². The van der Waals surface area contributed by atoms with Crippen LogP contribution >= 0.6 is 0 Å². The molecule has 0 radical (unpaired) electrons. The van der Waals surface area contributed by atoms with Crippen molar-refractivity contribution in [3.63, 3.8) is 0 Å². The van der Waals surface area contributed by atoms with Crippen LogP contribution in [-0.2, 0) is 25.7 Å². The number of rotatable bonds is 11. The Morgan fingerprint density at radius 1 is 1.10 bits per heavy atom. The zero-order valence-electron chi connectivity index (χ0n) is 16.8. The average molecular weight is 404 g/mol. The first-order valence-corrected chi connectivity index (χ1v) is 9.26. The van der Waals surface area contributed by atoms with E-state index in [2.05, 4.69) is 16.0 Å². The van der Waals surface area contributed by atoms with Gasteiger partial charge in [0.05, 0.1) is 12.3 Å². The lowest BCUT2D eigenvalue weighted by molar-refractivity contribution is -0.134. The second kappa shape index (κ2) is 11.7. The highest BCUT2D eigenvalue weighted by molar-refractivity contribution is 6.26. The van der Waals surface area contributed by atoms with Crippen molar-refractivity contribution in [2.75, 3.05) is 0 Å². The topological polar surface area (TPSA) is 148 Å². The van der Waals surface area contributed by atoms with Gasteiger partial charge in [-0.3, -0.25) is 19.2 Å². The predicted octanol–water partition coefficient (Wildman–Crippen LogP) is -0.0196. The number of hydrogen-bond acceptors (Lipinski definition) is 6. The smallest absolute Gasteiger partial charge is 0.245 e. The van der Waals surface area contributed by atoms with Gasteiger partial charge in [-0.15, -0.1) is 0 Å². The Morgan fingerprint density at radius 3 is 2.24 bits per heavy atom. The molecule has 9 nitrogen and oxygen atoms in total. The summed E-state index contributed by atoms with van der Waals surface area (Å²) < 4.78 is 0. The minimum Gasteiger partial charge on any atom is -0.391 e. The van der Waals surface area contributed by atoms with Crippen molar-refractivity contribution in [1.29, 1.82) is 5.41 Å². The molecular weight excluding hydrogens is 376 g/mol. The van der Waals surface area contributed by atoms with Crippen LogP contribution in [0.1, 0.15) is 37.8 Å². The fourth-order valence-corrected chi connectivity index (χ4v) is 2.53. The molecule has 0 bridgehead atoms. The first kappa shape index (κ1) is 24.0. The predicted molar refractivity (Wildman–Crippen MR) is 107 cm³/mol. The number of carbonyl (C=O) groups is 4. The van der Waals surface area contributed by atoms with E-state index >= 15 is 0 Å². The quantitative estimate of drug-likeness (QED) is 0.329. The molecule has 5 N–H and O–H groups in total. The normalized spacial score (nSPS) is 13.5. The van der Waals surface area contributed by atoms with Gasteiger partial charge in [0.1, 0.15) is 12.1 Å². The molecule has 1 aromatic carbocycles. The molecule has 0 heterocycles. The summed E-state index contributed by atoms with van der Waals surface area (Å²) in [6.45, 7) is 4.72. The van der Waals surface area contributed by atoms with Gasteiger partial charge in [-0.2, -0.15) is 0 Å². The van der Waals surface area contributed by atoms with E-state index in [1.165, 1.54) is 13.8 Å². The Hall–Kier alpha value is -3.07. The Kier molecular flexibility index (Phi) is 9.67. The Bertz CT molecular complexity index is 746. The van der Waals surface area contributed by atoms with Crippen molar-refractivity contribution >= 4 is 29.7 Å². The van der Waals surface area contributed by atoms with Crippen LogP contribution in [0.2, 0.25) is 0 Å². The molecule has 1 rings (SSSR count). The number of amides is 3. The molecule has 0 aliphatic rings. The largest absolute Gasteiger partial charge is 0.391 e. The van der Waals surface area contributed by atoms with Gasteiger partial charge in [0.25, 0.3) is 0 Å². The van der Waals surface area contributed by atoms with E-state index in [0.717, 1.165) is 11.1 Å². The van der Waals surface area contributed by atoms with Crippen LogP contribution in [0, 0.1) is 12.3 Å². The van der Waals surface area contributed by atoms with Gasteiger partial charge < -0.3 is 26.5 Å². The number of aliphatic hydroxyl groups is 1. The summed E-state index contributed by atoms with van der Waals surface area (Å²) in [5, 5.41) is 24.2. The first-order valence-electron chi connectivity index (χ1n) is 9.26. The van der Waals surface area contributed by atoms with Crippen LogP contribution in [0.15, 0.2) is 24.3 Å². The lowest BCUT2D eigenvalue weighted by atomic mass is 10.1. The third-order valence-electron chi connectivity index (χ3n) is 4.18. The minimum atomic E-state index is -1.24. The lowest BCUT2D eigenvalue weighted by Crippen LogP contribution is -2.56. The molecule has 0 aromatic heterocycles. The monoisotopic (exact) mass is 404 g/mol. The third-order valence-corrected chi connectivity index (χ3v) is 4.18. The van der Waals surface area contributed by atoms with Crippen molar-refractivity contribution in [1.82, 2.24) is 16.0 Å². The summed E-state index contributed by atoms with van der Waals surface area (Å²) in [5.41, 5.74) is 1.95. The third kappa shape index (κ3) is 8.65. The highest BCUT2D eigenvalue weighted by Crippen LogP contribution is 2.05. The number of carbonyl (C=O) groups excluding carboxylic acids is 4. The summed E-state index contributed by atoms with van der Waals surface area (Å²) in [5.74, 6) is -2.24. The molecule has 0 spiro atoms. The van der Waals surface area contributed by atoms with Crippen LogP contribution in [0.5, 0.6) is 0 Å². The van der Waals surface area contributed by atoms with Gasteiger partial charge in [0.2, 0.25) is 17.7 Å². The fourth-order valence-electron chi connectivity index (χ4n) is 2.53. The second-order valence-electron chi connectivity index (χ2n) is 6.83. The fraction of sp³-hybridized carbons (Fsp3) is 0.450. The summed E-state index contributed by atoms with van der Waals surface area (Å²) in [6, 6.07) is 5.24. The molecule has 3 amide bonds. The van der Waals surface area contributed by atoms with Crippen molar-refractivity contribution in [3.05, 3.63) is 35.4 Å². The number of ketones is 1. The lowest BCUT2D eigenvalue weighted by Gasteiger charge is -2.24. The van der Waals surface area contributed by atoms with Crippen molar-refractivity contribution in [3.8, 4) is 0 Å². The standard InChI is InChI=1S/C20H28N4O5/c1-12-4-6-15(7-5-12)11-22-19(28)17(9-8-16(27)10-21)24-20(29)18(13(2)25)23-14(3)26/h4-7,10,13,17-18,21,25H,8-9,11H2,1-3H3,(H,22,28)(H,23,26)(H,24,29)/t13?,17-,18-/m0/s1. The number of aryl methyl sites for hydroxylation is 1. The van der Waals surface area contributed by atoms with Gasteiger partial charge in [-0.1, -0.05) is 29.8 Å². The Balaban J connectivity index is 2.84. The second-order valence-corrected chi connectivity index (χ2v) is 6.83. The van der Waals surface area contributed by atoms with Crippen molar-refractivity contribution in [2.45, 2.75) is 58.3 Å². The maximum absolute atomic E-state index is 12.6. The molecule has 0 saturated heterocycles. The van der Waals surface area contributed by atoms with E-state index in [-0.39, 0.29) is 19.4 Å². The molecular formula is C20H28N4O5. The Morgan fingerprint density at radius 2 is 1.72 bits per heavy atom. The summed E-state index contributed by atoms with van der Waals surface area (Å²) >= 11 is 0. The van der Waals surface area contributed by atoms with Gasteiger partial charge >= 0.3 is 0 Å². The summed E-state index contributed by atoms with van der Waals surface area (Å²) in [4.78, 5) is 47.8.